The molecule has 0 aliphatic heterocycles. The summed E-state index contributed by atoms with van der Waals surface area (Å²) in [4.78, 5) is 0. The fraction of sp³-hybridized carbons (Fsp3) is 0.571. The second-order valence-electron chi connectivity index (χ2n) is 5.16. The Balaban J connectivity index is 2.19. The van der Waals surface area contributed by atoms with Gasteiger partial charge in [0.2, 0.25) is 0 Å². The molecule has 0 spiro atoms. The summed E-state index contributed by atoms with van der Waals surface area (Å²) in [6.45, 7) is 2.74. The molecule has 0 unspecified atom stereocenters. The fourth-order valence-electron chi connectivity index (χ4n) is 2.84. The predicted molar refractivity (Wildman–Crippen MR) is 64.8 cm³/mol. The van der Waals surface area contributed by atoms with E-state index in [9.17, 15) is 4.39 Å². The summed E-state index contributed by atoms with van der Waals surface area (Å²) in [6.07, 6.45) is 6.03. The zero-order valence-corrected chi connectivity index (χ0v) is 9.93. The number of benzene rings is 1. The second kappa shape index (κ2) is 4.54. The molecule has 0 radical (unpaired) electrons. The van der Waals surface area contributed by atoms with E-state index in [4.69, 9.17) is 5.73 Å². The third-order valence-electron chi connectivity index (χ3n) is 3.97. The molecule has 1 aliphatic rings. The molecule has 1 aromatic rings. The lowest BCUT2D eigenvalue weighted by molar-refractivity contribution is 0.306. The Bertz CT molecular complexity index is 367. The van der Waals surface area contributed by atoms with Gasteiger partial charge in [-0.05, 0) is 61.4 Å². The SMILES string of the molecule is Cc1cc(F)ccc1CC1(CN)CCCC1. The molecule has 0 aromatic heterocycles. The van der Waals surface area contributed by atoms with Gasteiger partial charge in [-0.1, -0.05) is 18.9 Å². The van der Waals surface area contributed by atoms with Crippen LogP contribution in [0.2, 0.25) is 0 Å². The second-order valence-corrected chi connectivity index (χ2v) is 5.16. The Morgan fingerprint density at radius 3 is 2.56 bits per heavy atom. The van der Waals surface area contributed by atoms with Crippen molar-refractivity contribution in [2.75, 3.05) is 6.54 Å². The van der Waals surface area contributed by atoms with Crippen molar-refractivity contribution in [2.45, 2.75) is 39.0 Å². The summed E-state index contributed by atoms with van der Waals surface area (Å²) >= 11 is 0. The summed E-state index contributed by atoms with van der Waals surface area (Å²) in [7, 11) is 0. The molecule has 0 saturated heterocycles. The zero-order chi connectivity index (χ0) is 11.6. The van der Waals surface area contributed by atoms with Crippen LogP contribution in [-0.4, -0.2) is 6.54 Å². The minimum Gasteiger partial charge on any atom is -0.330 e. The van der Waals surface area contributed by atoms with Crippen molar-refractivity contribution in [3.05, 3.63) is 35.1 Å². The maximum absolute atomic E-state index is 13.0. The third kappa shape index (κ3) is 2.27. The zero-order valence-electron chi connectivity index (χ0n) is 9.93. The van der Waals surface area contributed by atoms with Gasteiger partial charge < -0.3 is 5.73 Å². The van der Waals surface area contributed by atoms with E-state index < -0.39 is 0 Å². The standard InChI is InChI=1S/C14H20FN/c1-11-8-13(15)5-4-12(11)9-14(10-16)6-2-3-7-14/h4-5,8H,2-3,6-7,9-10,16H2,1H3. The third-order valence-corrected chi connectivity index (χ3v) is 3.97. The Morgan fingerprint density at radius 1 is 1.31 bits per heavy atom. The van der Waals surface area contributed by atoms with Crippen LogP contribution in [-0.2, 0) is 6.42 Å². The van der Waals surface area contributed by atoms with Crippen LogP contribution in [0.3, 0.4) is 0 Å². The van der Waals surface area contributed by atoms with Gasteiger partial charge in [-0.3, -0.25) is 0 Å². The predicted octanol–water partition coefficient (Wildman–Crippen LogP) is 3.20. The first-order valence-electron chi connectivity index (χ1n) is 6.10. The molecular weight excluding hydrogens is 201 g/mol. The molecule has 16 heavy (non-hydrogen) atoms. The minimum absolute atomic E-state index is 0.144. The van der Waals surface area contributed by atoms with Crippen LogP contribution in [0, 0.1) is 18.2 Å². The average Bonchev–Trinajstić information content (AvgIpc) is 2.72. The molecule has 1 fully saturated rings. The number of hydrogen-bond acceptors (Lipinski definition) is 1. The largest absolute Gasteiger partial charge is 0.330 e. The van der Waals surface area contributed by atoms with Gasteiger partial charge in [-0.25, -0.2) is 4.39 Å². The van der Waals surface area contributed by atoms with E-state index >= 15 is 0 Å². The van der Waals surface area contributed by atoms with Crippen molar-refractivity contribution >= 4 is 0 Å². The molecule has 1 aromatic carbocycles. The molecule has 0 atom stereocenters. The van der Waals surface area contributed by atoms with E-state index in [1.807, 2.05) is 13.0 Å². The first kappa shape index (κ1) is 11.6. The highest BCUT2D eigenvalue weighted by atomic mass is 19.1. The molecule has 1 nitrogen and oxygen atoms in total. The van der Waals surface area contributed by atoms with Crippen molar-refractivity contribution in [1.82, 2.24) is 0 Å². The van der Waals surface area contributed by atoms with Crippen LogP contribution >= 0.6 is 0 Å². The van der Waals surface area contributed by atoms with Crippen molar-refractivity contribution in [3.8, 4) is 0 Å². The lowest BCUT2D eigenvalue weighted by Crippen LogP contribution is -2.30. The van der Waals surface area contributed by atoms with E-state index in [1.54, 1.807) is 12.1 Å². The van der Waals surface area contributed by atoms with E-state index in [2.05, 4.69) is 0 Å². The number of hydrogen-bond donors (Lipinski definition) is 1. The number of rotatable bonds is 3. The highest BCUT2D eigenvalue weighted by Crippen LogP contribution is 2.40. The van der Waals surface area contributed by atoms with Crippen molar-refractivity contribution < 1.29 is 4.39 Å². The van der Waals surface area contributed by atoms with Crippen LogP contribution in [0.5, 0.6) is 0 Å². The van der Waals surface area contributed by atoms with Gasteiger partial charge in [-0.2, -0.15) is 0 Å². The van der Waals surface area contributed by atoms with Crippen molar-refractivity contribution in [1.29, 1.82) is 0 Å². The van der Waals surface area contributed by atoms with E-state index in [0.717, 1.165) is 18.5 Å². The highest BCUT2D eigenvalue weighted by molar-refractivity contribution is 5.28. The van der Waals surface area contributed by atoms with Crippen molar-refractivity contribution in [2.24, 2.45) is 11.1 Å². The Labute approximate surface area is 96.9 Å². The first-order valence-corrected chi connectivity index (χ1v) is 6.10. The summed E-state index contributed by atoms with van der Waals surface area (Å²) in [5.41, 5.74) is 8.52. The molecule has 2 rings (SSSR count). The maximum atomic E-state index is 13.0. The first-order chi connectivity index (χ1) is 7.65. The number of aryl methyl sites for hydroxylation is 1. The summed E-state index contributed by atoms with van der Waals surface area (Å²) < 4.78 is 13.0. The molecule has 0 heterocycles. The summed E-state index contributed by atoms with van der Waals surface area (Å²) in [6, 6.07) is 5.09. The summed E-state index contributed by atoms with van der Waals surface area (Å²) in [5, 5.41) is 0. The quantitative estimate of drug-likeness (QED) is 0.833. The smallest absolute Gasteiger partial charge is 0.123 e. The number of halogens is 1. The van der Waals surface area contributed by atoms with E-state index in [1.165, 1.54) is 31.2 Å². The molecule has 0 bridgehead atoms. The van der Waals surface area contributed by atoms with Gasteiger partial charge in [-0.15, -0.1) is 0 Å². The van der Waals surface area contributed by atoms with Crippen LogP contribution in [0.15, 0.2) is 18.2 Å². The summed E-state index contributed by atoms with van der Waals surface area (Å²) in [5.74, 6) is -0.144. The molecule has 2 N–H and O–H groups in total. The normalized spacial score (nSPS) is 18.9. The highest BCUT2D eigenvalue weighted by Gasteiger charge is 2.32. The maximum Gasteiger partial charge on any atom is 0.123 e. The van der Waals surface area contributed by atoms with Gasteiger partial charge in [0.25, 0.3) is 0 Å². The van der Waals surface area contributed by atoms with Gasteiger partial charge in [0, 0.05) is 0 Å². The molecule has 1 saturated carbocycles. The van der Waals surface area contributed by atoms with Crippen LogP contribution < -0.4 is 5.73 Å². The van der Waals surface area contributed by atoms with Gasteiger partial charge in [0.15, 0.2) is 0 Å². The molecule has 1 aliphatic carbocycles. The van der Waals surface area contributed by atoms with Crippen LogP contribution in [0.25, 0.3) is 0 Å². The fourth-order valence-corrected chi connectivity index (χ4v) is 2.84. The average molecular weight is 221 g/mol. The van der Waals surface area contributed by atoms with Gasteiger partial charge in [0.1, 0.15) is 5.82 Å². The minimum atomic E-state index is -0.144. The van der Waals surface area contributed by atoms with Gasteiger partial charge >= 0.3 is 0 Å². The van der Waals surface area contributed by atoms with Crippen LogP contribution in [0.4, 0.5) is 4.39 Å². The molecule has 2 heteroatoms. The molecular formula is C14H20FN. The van der Waals surface area contributed by atoms with Gasteiger partial charge in [0.05, 0.1) is 0 Å². The Kier molecular flexibility index (Phi) is 3.29. The Morgan fingerprint density at radius 2 is 2.00 bits per heavy atom. The van der Waals surface area contributed by atoms with E-state index in [-0.39, 0.29) is 11.2 Å². The molecule has 88 valence electrons. The van der Waals surface area contributed by atoms with Crippen molar-refractivity contribution in [3.63, 3.8) is 0 Å². The van der Waals surface area contributed by atoms with Crippen LogP contribution in [0.1, 0.15) is 36.8 Å². The topological polar surface area (TPSA) is 26.0 Å². The monoisotopic (exact) mass is 221 g/mol. The lowest BCUT2D eigenvalue weighted by atomic mass is 9.79. The lowest BCUT2D eigenvalue weighted by Gasteiger charge is -2.28. The molecule has 0 amide bonds. The van der Waals surface area contributed by atoms with E-state index in [0.29, 0.717) is 0 Å². The Hall–Kier alpha value is -0.890. The number of nitrogens with two attached hydrogens (primary N) is 1.